The van der Waals surface area contributed by atoms with Crippen LogP contribution >= 0.6 is 0 Å². The molecule has 3 rings (SSSR count). The summed E-state index contributed by atoms with van der Waals surface area (Å²) in [5.41, 5.74) is 5.99. The van der Waals surface area contributed by atoms with Crippen LogP contribution in [0.25, 0.3) is 11.4 Å². The molecule has 6 heteroatoms. The van der Waals surface area contributed by atoms with Crippen molar-refractivity contribution < 1.29 is 8.78 Å². The zero-order valence-corrected chi connectivity index (χ0v) is 9.61. The van der Waals surface area contributed by atoms with E-state index in [0.29, 0.717) is 23.3 Å². The third-order valence-corrected chi connectivity index (χ3v) is 2.98. The van der Waals surface area contributed by atoms with Crippen molar-refractivity contribution in [3.63, 3.8) is 0 Å². The van der Waals surface area contributed by atoms with Crippen LogP contribution in [0.15, 0.2) is 18.2 Å². The molecule has 1 heterocycles. The lowest BCUT2D eigenvalue weighted by Gasteiger charge is -2.08. The first kappa shape index (κ1) is 11.3. The van der Waals surface area contributed by atoms with E-state index >= 15 is 0 Å². The van der Waals surface area contributed by atoms with E-state index < -0.39 is 11.6 Å². The average Bonchev–Trinajstić information content (AvgIpc) is 3.07. The smallest absolute Gasteiger partial charge is 0.164 e. The maximum Gasteiger partial charge on any atom is 0.164 e. The summed E-state index contributed by atoms with van der Waals surface area (Å²) in [6.45, 7) is 0.265. The third kappa shape index (κ3) is 1.88. The van der Waals surface area contributed by atoms with Crippen LogP contribution in [0.2, 0.25) is 0 Å². The van der Waals surface area contributed by atoms with E-state index in [4.69, 9.17) is 5.73 Å². The van der Waals surface area contributed by atoms with Crippen molar-refractivity contribution >= 4 is 0 Å². The van der Waals surface area contributed by atoms with Crippen molar-refractivity contribution in [2.45, 2.75) is 25.4 Å². The van der Waals surface area contributed by atoms with Gasteiger partial charge in [0.05, 0.1) is 6.54 Å². The highest BCUT2D eigenvalue weighted by atomic mass is 19.1. The van der Waals surface area contributed by atoms with Crippen molar-refractivity contribution in [2.24, 2.45) is 5.73 Å². The summed E-state index contributed by atoms with van der Waals surface area (Å²) in [6.07, 6.45) is 2.05. The van der Waals surface area contributed by atoms with Gasteiger partial charge in [-0.05, 0) is 25.0 Å². The van der Waals surface area contributed by atoms with Crippen molar-refractivity contribution in [1.82, 2.24) is 14.8 Å². The molecule has 0 spiro atoms. The van der Waals surface area contributed by atoms with Crippen LogP contribution < -0.4 is 5.73 Å². The fraction of sp³-hybridized carbons (Fsp3) is 0.333. The monoisotopic (exact) mass is 250 g/mol. The molecule has 1 saturated carbocycles. The molecule has 0 amide bonds. The minimum absolute atomic E-state index is 0.265. The van der Waals surface area contributed by atoms with Crippen molar-refractivity contribution in [1.29, 1.82) is 0 Å². The highest BCUT2D eigenvalue weighted by Gasteiger charge is 2.29. The SMILES string of the molecule is NCc1nnc(-c2cc(F)cc(F)c2)n1C1CC1. The molecule has 1 aliphatic rings. The fourth-order valence-electron chi connectivity index (χ4n) is 2.06. The largest absolute Gasteiger partial charge is 0.324 e. The zero-order chi connectivity index (χ0) is 12.7. The number of nitrogens with zero attached hydrogens (tertiary/aromatic N) is 3. The molecule has 18 heavy (non-hydrogen) atoms. The van der Waals surface area contributed by atoms with Gasteiger partial charge in [0.15, 0.2) is 5.82 Å². The molecular weight excluding hydrogens is 238 g/mol. The maximum atomic E-state index is 13.2. The molecule has 4 nitrogen and oxygen atoms in total. The molecule has 2 aromatic rings. The first-order valence-electron chi connectivity index (χ1n) is 5.79. The van der Waals surface area contributed by atoms with Crippen LogP contribution in [0.3, 0.4) is 0 Å². The molecule has 0 unspecified atom stereocenters. The molecule has 0 radical (unpaired) electrons. The minimum atomic E-state index is -0.621. The molecule has 1 fully saturated rings. The van der Waals surface area contributed by atoms with Crippen LogP contribution in [0.5, 0.6) is 0 Å². The van der Waals surface area contributed by atoms with Crippen LogP contribution in [0.4, 0.5) is 8.78 Å². The highest BCUT2D eigenvalue weighted by Crippen LogP contribution is 2.39. The number of rotatable bonds is 3. The fourth-order valence-corrected chi connectivity index (χ4v) is 2.06. The van der Waals surface area contributed by atoms with Crippen molar-refractivity contribution in [3.05, 3.63) is 35.7 Å². The highest BCUT2D eigenvalue weighted by molar-refractivity contribution is 5.56. The molecular formula is C12H12F2N4. The van der Waals surface area contributed by atoms with Gasteiger partial charge in [-0.2, -0.15) is 0 Å². The van der Waals surface area contributed by atoms with E-state index in [1.54, 1.807) is 0 Å². The van der Waals surface area contributed by atoms with Gasteiger partial charge in [0, 0.05) is 17.7 Å². The van der Waals surface area contributed by atoms with Gasteiger partial charge in [0.25, 0.3) is 0 Å². The van der Waals surface area contributed by atoms with Gasteiger partial charge in [-0.1, -0.05) is 0 Å². The number of hydrogen-bond acceptors (Lipinski definition) is 3. The van der Waals surface area contributed by atoms with Gasteiger partial charge in [-0.15, -0.1) is 10.2 Å². The Morgan fingerprint density at radius 2 is 1.83 bits per heavy atom. The summed E-state index contributed by atoms with van der Waals surface area (Å²) in [6, 6.07) is 3.66. The van der Waals surface area contributed by atoms with Crippen molar-refractivity contribution in [2.75, 3.05) is 0 Å². The Kier molecular flexibility index (Phi) is 2.59. The van der Waals surface area contributed by atoms with Crippen LogP contribution in [0.1, 0.15) is 24.7 Å². The Hall–Kier alpha value is -1.82. The molecule has 0 atom stereocenters. The average molecular weight is 250 g/mol. The van der Waals surface area contributed by atoms with Crippen LogP contribution in [-0.4, -0.2) is 14.8 Å². The number of nitrogens with two attached hydrogens (primary N) is 1. The van der Waals surface area contributed by atoms with Gasteiger partial charge in [-0.25, -0.2) is 8.78 Å². The van der Waals surface area contributed by atoms with Crippen LogP contribution in [0, 0.1) is 11.6 Å². The van der Waals surface area contributed by atoms with E-state index in [1.807, 2.05) is 4.57 Å². The quantitative estimate of drug-likeness (QED) is 0.906. The Balaban J connectivity index is 2.13. The third-order valence-electron chi connectivity index (χ3n) is 2.98. The lowest BCUT2D eigenvalue weighted by Crippen LogP contribution is -2.08. The number of hydrogen-bond donors (Lipinski definition) is 1. The molecule has 0 bridgehead atoms. The van der Waals surface area contributed by atoms with Gasteiger partial charge in [0.2, 0.25) is 0 Å². The predicted molar refractivity (Wildman–Crippen MR) is 61.5 cm³/mol. The molecule has 0 saturated heterocycles. The second kappa shape index (κ2) is 4.13. The van der Waals surface area contributed by atoms with E-state index in [0.717, 1.165) is 18.9 Å². The van der Waals surface area contributed by atoms with Gasteiger partial charge in [-0.3, -0.25) is 0 Å². The van der Waals surface area contributed by atoms with Crippen LogP contribution in [-0.2, 0) is 6.54 Å². The van der Waals surface area contributed by atoms with Crippen molar-refractivity contribution in [3.8, 4) is 11.4 Å². The number of benzene rings is 1. The predicted octanol–water partition coefficient (Wildman–Crippen LogP) is 2.02. The Bertz CT molecular complexity index is 570. The summed E-state index contributed by atoms with van der Waals surface area (Å²) in [4.78, 5) is 0. The lowest BCUT2D eigenvalue weighted by atomic mass is 10.2. The Labute approximate surface area is 102 Å². The number of aromatic nitrogens is 3. The van der Waals surface area contributed by atoms with E-state index in [1.165, 1.54) is 12.1 Å². The molecule has 1 aromatic heterocycles. The molecule has 2 N–H and O–H groups in total. The summed E-state index contributed by atoms with van der Waals surface area (Å²) >= 11 is 0. The van der Waals surface area contributed by atoms with Gasteiger partial charge in [0.1, 0.15) is 17.5 Å². The second-order valence-corrected chi connectivity index (χ2v) is 4.40. The van der Waals surface area contributed by atoms with E-state index in [2.05, 4.69) is 10.2 Å². The lowest BCUT2D eigenvalue weighted by molar-refractivity contribution is 0.583. The van der Waals surface area contributed by atoms with Gasteiger partial charge < -0.3 is 10.3 Å². The number of halogens is 2. The Morgan fingerprint density at radius 1 is 1.17 bits per heavy atom. The molecule has 0 aliphatic heterocycles. The molecule has 94 valence electrons. The standard InChI is InChI=1S/C12H12F2N4/c13-8-3-7(4-9(14)5-8)12-17-16-11(6-15)18(12)10-1-2-10/h3-5,10H,1-2,6,15H2. The summed E-state index contributed by atoms with van der Waals surface area (Å²) in [7, 11) is 0. The molecule has 1 aliphatic carbocycles. The normalized spacial score (nSPS) is 15.1. The topological polar surface area (TPSA) is 56.7 Å². The summed E-state index contributed by atoms with van der Waals surface area (Å²) in [5.74, 6) is -0.109. The maximum absolute atomic E-state index is 13.2. The summed E-state index contributed by atoms with van der Waals surface area (Å²) in [5, 5.41) is 7.97. The summed E-state index contributed by atoms with van der Waals surface area (Å²) < 4.78 is 28.3. The minimum Gasteiger partial charge on any atom is -0.324 e. The van der Waals surface area contributed by atoms with E-state index in [9.17, 15) is 8.78 Å². The van der Waals surface area contributed by atoms with E-state index in [-0.39, 0.29) is 6.54 Å². The molecule has 1 aromatic carbocycles. The van der Waals surface area contributed by atoms with Gasteiger partial charge >= 0.3 is 0 Å². The first-order valence-corrected chi connectivity index (χ1v) is 5.79. The Morgan fingerprint density at radius 3 is 2.39 bits per heavy atom. The first-order chi connectivity index (χ1) is 8.69. The second-order valence-electron chi connectivity index (χ2n) is 4.40. The zero-order valence-electron chi connectivity index (χ0n) is 9.61.